The molecule has 0 spiro atoms. The van der Waals surface area contributed by atoms with E-state index in [4.69, 9.17) is 9.84 Å². The Kier molecular flexibility index (Phi) is 4.48. The number of hydrogen-bond donors (Lipinski definition) is 3. The van der Waals surface area contributed by atoms with Gasteiger partial charge in [0.15, 0.2) is 5.69 Å². The van der Waals surface area contributed by atoms with E-state index in [0.29, 0.717) is 5.01 Å². The Bertz CT molecular complexity index is 543. The van der Waals surface area contributed by atoms with Gasteiger partial charge >= 0.3 is 12.0 Å². The van der Waals surface area contributed by atoms with E-state index in [9.17, 15) is 9.59 Å². The zero-order chi connectivity index (χ0) is 15.6. The number of nitrogens with zero attached hydrogens (tertiary/aromatic N) is 1. The molecule has 0 saturated heterocycles. The molecule has 8 heteroatoms. The summed E-state index contributed by atoms with van der Waals surface area (Å²) >= 11 is 1.21. The van der Waals surface area contributed by atoms with Crippen molar-refractivity contribution in [2.45, 2.75) is 39.0 Å². The monoisotopic (exact) mass is 313 g/mol. The summed E-state index contributed by atoms with van der Waals surface area (Å²) in [5.74, 6) is -1.07. The largest absolute Gasteiger partial charge is 0.476 e. The SMILES string of the molecule is COC1CC(NC(=O)NCc2nc(C(=O)O)cs2)C1(C)C. The van der Waals surface area contributed by atoms with Gasteiger partial charge in [-0.2, -0.15) is 0 Å². The lowest BCUT2D eigenvalue weighted by molar-refractivity contribution is -0.0935. The molecule has 1 aliphatic rings. The van der Waals surface area contributed by atoms with Crippen molar-refractivity contribution in [3.63, 3.8) is 0 Å². The Morgan fingerprint density at radius 3 is 2.81 bits per heavy atom. The van der Waals surface area contributed by atoms with Gasteiger partial charge < -0.3 is 20.5 Å². The predicted octanol–water partition coefficient (Wildman–Crippen LogP) is 1.45. The van der Waals surface area contributed by atoms with E-state index in [1.165, 1.54) is 16.7 Å². The maximum atomic E-state index is 11.8. The van der Waals surface area contributed by atoms with Gasteiger partial charge in [-0.1, -0.05) is 13.8 Å². The number of aromatic carboxylic acids is 1. The van der Waals surface area contributed by atoms with Gasteiger partial charge in [-0.3, -0.25) is 0 Å². The number of carboxylic acid groups (broad SMARTS) is 1. The molecule has 1 saturated carbocycles. The number of carboxylic acids is 1. The molecule has 2 amide bonds. The maximum absolute atomic E-state index is 11.8. The van der Waals surface area contributed by atoms with Crippen molar-refractivity contribution in [3.05, 3.63) is 16.1 Å². The van der Waals surface area contributed by atoms with Crippen molar-refractivity contribution >= 4 is 23.3 Å². The topological polar surface area (TPSA) is 101 Å². The van der Waals surface area contributed by atoms with E-state index >= 15 is 0 Å². The van der Waals surface area contributed by atoms with Gasteiger partial charge in [-0.25, -0.2) is 14.6 Å². The fourth-order valence-electron chi connectivity index (χ4n) is 2.39. The average molecular weight is 313 g/mol. The van der Waals surface area contributed by atoms with E-state index in [-0.39, 0.29) is 35.8 Å². The van der Waals surface area contributed by atoms with Crippen LogP contribution in [0.4, 0.5) is 4.79 Å². The minimum Gasteiger partial charge on any atom is -0.476 e. The smallest absolute Gasteiger partial charge is 0.355 e. The summed E-state index contributed by atoms with van der Waals surface area (Å²) in [5, 5.41) is 16.4. The maximum Gasteiger partial charge on any atom is 0.355 e. The Hall–Kier alpha value is -1.67. The summed E-state index contributed by atoms with van der Waals surface area (Å²) in [6.45, 7) is 4.32. The molecule has 21 heavy (non-hydrogen) atoms. The molecule has 1 aromatic rings. The zero-order valence-electron chi connectivity index (χ0n) is 12.2. The van der Waals surface area contributed by atoms with Crippen molar-refractivity contribution in [1.82, 2.24) is 15.6 Å². The van der Waals surface area contributed by atoms with Crippen LogP contribution in [0.1, 0.15) is 35.8 Å². The minimum atomic E-state index is -1.07. The van der Waals surface area contributed by atoms with Crippen LogP contribution in [0.2, 0.25) is 0 Å². The summed E-state index contributed by atoms with van der Waals surface area (Å²) in [5.41, 5.74) is -0.0933. The van der Waals surface area contributed by atoms with Gasteiger partial charge in [-0.05, 0) is 6.42 Å². The van der Waals surface area contributed by atoms with Gasteiger partial charge in [0, 0.05) is 23.9 Å². The fourth-order valence-corrected chi connectivity index (χ4v) is 3.09. The van der Waals surface area contributed by atoms with Crippen molar-refractivity contribution in [1.29, 1.82) is 0 Å². The first-order valence-corrected chi connectivity index (χ1v) is 7.47. The molecule has 1 fully saturated rings. The number of ether oxygens (including phenoxy) is 1. The summed E-state index contributed by atoms with van der Waals surface area (Å²) in [4.78, 5) is 26.5. The molecule has 2 unspecified atom stereocenters. The summed E-state index contributed by atoms with van der Waals surface area (Å²) in [7, 11) is 1.67. The second-order valence-corrected chi connectivity index (χ2v) is 6.54. The highest BCUT2D eigenvalue weighted by Crippen LogP contribution is 2.42. The van der Waals surface area contributed by atoms with Crippen molar-refractivity contribution < 1.29 is 19.4 Å². The third-order valence-electron chi connectivity index (χ3n) is 3.94. The van der Waals surface area contributed by atoms with Crippen molar-refractivity contribution in [3.8, 4) is 0 Å². The average Bonchev–Trinajstić information content (AvgIpc) is 2.89. The first kappa shape index (κ1) is 15.7. The lowest BCUT2D eigenvalue weighted by Crippen LogP contribution is -2.62. The molecular weight excluding hydrogens is 294 g/mol. The molecule has 116 valence electrons. The van der Waals surface area contributed by atoms with Crippen molar-refractivity contribution in [2.24, 2.45) is 5.41 Å². The number of rotatable bonds is 5. The first-order chi connectivity index (χ1) is 9.84. The molecule has 7 nitrogen and oxygen atoms in total. The van der Waals surface area contributed by atoms with Crippen LogP contribution >= 0.6 is 11.3 Å². The van der Waals surface area contributed by atoms with Crippen LogP contribution in [0.15, 0.2) is 5.38 Å². The number of hydrogen-bond acceptors (Lipinski definition) is 5. The van der Waals surface area contributed by atoms with Crippen LogP contribution in [0.3, 0.4) is 0 Å². The van der Waals surface area contributed by atoms with E-state index < -0.39 is 5.97 Å². The van der Waals surface area contributed by atoms with Crippen LogP contribution < -0.4 is 10.6 Å². The number of nitrogens with one attached hydrogen (secondary N) is 2. The number of carbonyl (C=O) groups is 2. The summed E-state index contributed by atoms with van der Waals surface area (Å²) in [6, 6.07) is -0.219. The Morgan fingerprint density at radius 2 is 2.29 bits per heavy atom. The fraction of sp³-hybridized carbons (Fsp3) is 0.615. The van der Waals surface area contributed by atoms with Crippen LogP contribution in [-0.2, 0) is 11.3 Å². The number of methoxy groups -OCH3 is 1. The standard InChI is InChI=1S/C13H19N3O4S/c1-13(2)8(4-9(13)20-3)16-12(19)14-5-10-15-7(6-21-10)11(17)18/h6,8-9H,4-5H2,1-3H3,(H,17,18)(H2,14,16,19). The van der Waals surface area contributed by atoms with Gasteiger partial charge in [0.1, 0.15) is 5.01 Å². The lowest BCUT2D eigenvalue weighted by Gasteiger charge is -2.51. The first-order valence-electron chi connectivity index (χ1n) is 6.59. The van der Waals surface area contributed by atoms with Crippen LogP contribution in [0.5, 0.6) is 0 Å². The van der Waals surface area contributed by atoms with E-state index in [1.807, 2.05) is 0 Å². The molecule has 3 N–H and O–H groups in total. The Balaban J connectivity index is 1.79. The molecule has 0 radical (unpaired) electrons. The third-order valence-corrected chi connectivity index (χ3v) is 4.79. The molecule has 0 aromatic carbocycles. The van der Waals surface area contributed by atoms with E-state index in [0.717, 1.165) is 6.42 Å². The molecule has 2 rings (SSSR count). The minimum absolute atomic E-state index is 0.000251. The van der Waals surface area contributed by atoms with Gasteiger partial charge in [0.05, 0.1) is 12.6 Å². The molecule has 1 aliphatic carbocycles. The summed E-state index contributed by atoms with van der Waals surface area (Å²) in [6.07, 6.45) is 0.942. The molecule has 1 aromatic heterocycles. The van der Waals surface area contributed by atoms with Gasteiger partial charge in [0.25, 0.3) is 0 Å². The van der Waals surface area contributed by atoms with Crippen LogP contribution in [-0.4, -0.2) is 41.3 Å². The van der Waals surface area contributed by atoms with Crippen LogP contribution in [0, 0.1) is 5.41 Å². The lowest BCUT2D eigenvalue weighted by atomic mass is 9.64. The van der Waals surface area contributed by atoms with Crippen LogP contribution in [0.25, 0.3) is 0 Å². The number of thiazole rings is 1. The highest BCUT2D eigenvalue weighted by molar-refractivity contribution is 7.09. The van der Waals surface area contributed by atoms with E-state index in [1.54, 1.807) is 7.11 Å². The summed E-state index contributed by atoms with van der Waals surface area (Å²) < 4.78 is 5.33. The molecule has 0 aliphatic heterocycles. The normalized spacial score (nSPS) is 23.2. The molecule has 0 bridgehead atoms. The third kappa shape index (κ3) is 3.33. The second kappa shape index (κ2) is 5.98. The number of carbonyl (C=O) groups excluding carboxylic acids is 1. The van der Waals surface area contributed by atoms with E-state index in [2.05, 4.69) is 29.5 Å². The quantitative estimate of drug-likeness (QED) is 0.764. The molecule has 1 heterocycles. The predicted molar refractivity (Wildman–Crippen MR) is 77.4 cm³/mol. The van der Waals surface area contributed by atoms with Crippen molar-refractivity contribution in [2.75, 3.05) is 7.11 Å². The number of aromatic nitrogens is 1. The highest BCUT2D eigenvalue weighted by Gasteiger charge is 2.49. The number of amides is 2. The molecule has 2 atom stereocenters. The zero-order valence-corrected chi connectivity index (χ0v) is 13.0. The van der Waals surface area contributed by atoms with Gasteiger partial charge in [-0.15, -0.1) is 11.3 Å². The second-order valence-electron chi connectivity index (χ2n) is 5.59. The van der Waals surface area contributed by atoms with Gasteiger partial charge in [0.2, 0.25) is 0 Å². The highest BCUT2D eigenvalue weighted by atomic mass is 32.1. The Labute approximate surface area is 126 Å². The molecular formula is C13H19N3O4S. The Morgan fingerprint density at radius 1 is 1.57 bits per heavy atom. The number of urea groups is 1.